The minimum atomic E-state index is -1.01. The number of alkyl halides is 1. The largest absolute Gasteiger partial charge is 0.349 e. The second kappa shape index (κ2) is 6.83. The molecule has 1 amide bonds. The molecule has 1 unspecified atom stereocenters. The normalized spacial score (nSPS) is 12.6. The maximum atomic E-state index is 13.0. The van der Waals surface area contributed by atoms with Crippen molar-refractivity contribution in [3.8, 4) is 0 Å². The third-order valence-electron chi connectivity index (χ3n) is 2.72. The number of carbonyl (C=O) groups is 1. The summed E-state index contributed by atoms with van der Waals surface area (Å²) >= 11 is 3.32. The molecule has 1 atom stereocenters. The van der Waals surface area contributed by atoms with Gasteiger partial charge in [-0.05, 0) is 30.5 Å². The summed E-state index contributed by atoms with van der Waals surface area (Å²) in [6, 6.07) is 3.15. The highest BCUT2D eigenvalue weighted by atomic mass is 79.9. The van der Waals surface area contributed by atoms with E-state index in [0.717, 1.165) is 23.9 Å². The van der Waals surface area contributed by atoms with Crippen LogP contribution in [0.4, 0.5) is 8.78 Å². The number of hydrogen-bond donors (Lipinski definition) is 1. The third kappa shape index (κ3) is 4.05. The molecule has 0 saturated carbocycles. The summed E-state index contributed by atoms with van der Waals surface area (Å²) in [6.07, 6.45) is 0.785. The first-order valence-electron chi connectivity index (χ1n) is 5.77. The Morgan fingerprint density at radius 2 is 2.00 bits per heavy atom. The molecule has 0 radical (unpaired) electrons. The minimum Gasteiger partial charge on any atom is -0.349 e. The lowest BCUT2D eigenvalue weighted by atomic mass is 10.0. The molecule has 0 saturated heterocycles. The molecular weight excluding hydrogens is 304 g/mol. The molecule has 0 spiro atoms. The maximum absolute atomic E-state index is 13.0. The van der Waals surface area contributed by atoms with Crippen molar-refractivity contribution in [1.82, 2.24) is 5.32 Å². The van der Waals surface area contributed by atoms with Gasteiger partial charge in [0.25, 0.3) is 5.91 Å². The highest BCUT2D eigenvalue weighted by Crippen LogP contribution is 2.12. The van der Waals surface area contributed by atoms with E-state index in [9.17, 15) is 13.6 Å². The van der Waals surface area contributed by atoms with Gasteiger partial charge in [0.15, 0.2) is 11.6 Å². The first kappa shape index (κ1) is 15.1. The fraction of sp³-hybridized carbons (Fsp3) is 0.462. The van der Waals surface area contributed by atoms with E-state index in [1.165, 1.54) is 6.07 Å². The average Bonchev–Trinajstić information content (AvgIpc) is 2.31. The van der Waals surface area contributed by atoms with Gasteiger partial charge >= 0.3 is 0 Å². The van der Waals surface area contributed by atoms with E-state index in [0.29, 0.717) is 0 Å². The number of amides is 1. The molecule has 0 heterocycles. The van der Waals surface area contributed by atoms with E-state index < -0.39 is 11.6 Å². The molecule has 0 aromatic heterocycles. The van der Waals surface area contributed by atoms with Gasteiger partial charge in [-0.2, -0.15) is 0 Å². The van der Waals surface area contributed by atoms with Crippen LogP contribution in [0.1, 0.15) is 30.6 Å². The molecule has 100 valence electrons. The maximum Gasteiger partial charge on any atom is 0.251 e. The van der Waals surface area contributed by atoms with Crippen molar-refractivity contribution in [3.63, 3.8) is 0 Å². The van der Waals surface area contributed by atoms with Gasteiger partial charge in [0, 0.05) is 16.9 Å². The van der Waals surface area contributed by atoms with Gasteiger partial charge in [-0.1, -0.05) is 29.8 Å². The van der Waals surface area contributed by atoms with Gasteiger partial charge in [0.2, 0.25) is 0 Å². The average molecular weight is 320 g/mol. The van der Waals surface area contributed by atoms with Crippen LogP contribution in [0.2, 0.25) is 0 Å². The molecule has 0 fully saturated rings. The topological polar surface area (TPSA) is 29.1 Å². The zero-order valence-electron chi connectivity index (χ0n) is 10.3. The molecule has 1 aromatic carbocycles. The Morgan fingerprint density at radius 3 is 2.50 bits per heavy atom. The lowest BCUT2D eigenvalue weighted by molar-refractivity contribution is 0.0924. The summed E-state index contributed by atoms with van der Waals surface area (Å²) in [4.78, 5) is 11.9. The van der Waals surface area contributed by atoms with Crippen molar-refractivity contribution in [2.24, 2.45) is 5.92 Å². The zero-order valence-corrected chi connectivity index (χ0v) is 11.9. The molecule has 0 aliphatic rings. The SMILES string of the molecule is CC(C)C(CCBr)NC(=O)c1ccc(F)c(F)c1. The Labute approximate surface area is 114 Å². The van der Waals surface area contributed by atoms with Crippen molar-refractivity contribution >= 4 is 21.8 Å². The monoisotopic (exact) mass is 319 g/mol. The van der Waals surface area contributed by atoms with Crippen LogP contribution < -0.4 is 5.32 Å². The summed E-state index contributed by atoms with van der Waals surface area (Å²) in [7, 11) is 0. The van der Waals surface area contributed by atoms with Crippen LogP contribution in [0.3, 0.4) is 0 Å². The van der Waals surface area contributed by atoms with E-state index in [2.05, 4.69) is 21.2 Å². The van der Waals surface area contributed by atoms with E-state index in [4.69, 9.17) is 0 Å². The van der Waals surface area contributed by atoms with Crippen molar-refractivity contribution in [3.05, 3.63) is 35.4 Å². The first-order chi connectivity index (χ1) is 8.45. The Morgan fingerprint density at radius 1 is 1.33 bits per heavy atom. The van der Waals surface area contributed by atoms with Crippen LogP contribution in [0.25, 0.3) is 0 Å². The fourth-order valence-corrected chi connectivity index (χ4v) is 2.07. The number of nitrogens with one attached hydrogen (secondary N) is 1. The predicted octanol–water partition coefficient (Wildman–Crippen LogP) is 3.50. The molecule has 1 N–H and O–H groups in total. The number of benzene rings is 1. The Hall–Kier alpha value is -0.970. The lowest BCUT2D eigenvalue weighted by Gasteiger charge is -2.21. The second-order valence-electron chi connectivity index (χ2n) is 4.43. The molecular formula is C13H16BrF2NO. The molecule has 0 aliphatic heterocycles. The van der Waals surface area contributed by atoms with E-state index >= 15 is 0 Å². The second-order valence-corrected chi connectivity index (χ2v) is 5.22. The van der Waals surface area contributed by atoms with E-state index in [1.807, 2.05) is 13.8 Å². The summed E-state index contributed by atoms with van der Waals surface area (Å²) in [6.45, 7) is 4.00. The van der Waals surface area contributed by atoms with Crippen LogP contribution in [0.5, 0.6) is 0 Å². The van der Waals surface area contributed by atoms with Gasteiger partial charge in [0.1, 0.15) is 0 Å². The fourth-order valence-electron chi connectivity index (χ4n) is 1.58. The van der Waals surface area contributed by atoms with Crippen LogP contribution in [-0.2, 0) is 0 Å². The third-order valence-corrected chi connectivity index (χ3v) is 3.18. The molecule has 2 nitrogen and oxygen atoms in total. The van der Waals surface area contributed by atoms with Crippen molar-refractivity contribution in [2.75, 3.05) is 5.33 Å². The Bertz CT molecular complexity index is 423. The number of hydrogen-bond acceptors (Lipinski definition) is 1. The molecule has 18 heavy (non-hydrogen) atoms. The summed E-state index contributed by atoms with van der Waals surface area (Å²) in [5.74, 6) is -2.07. The van der Waals surface area contributed by atoms with Gasteiger partial charge < -0.3 is 5.32 Å². The molecule has 5 heteroatoms. The highest BCUT2D eigenvalue weighted by molar-refractivity contribution is 9.09. The zero-order chi connectivity index (χ0) is 13.7. The van der Waals surface area contributed by atoms with Crippen molar-refractivity contribution in [1.29, 1.82) is 0 Å². The smallest absolute Gasteiger partial charge is 0.251 e. The highest BCUT2D eigenvalue weighted by Gasteiger charge is 2.17. The lowest BCUT2D eigenvalue weighted by Crippen LogP contribution is -2.38. The molecule has 1 rings (SSSR count). The van der Waals surface area contributed by atoms with Gasteiger partial charge in [-0.15, -0.1) is 0 Å². The number of halogens is 3. The van der Waals surface area contributed by atoms with Gasteiger partial charge in [-0.3, -0.25) is 4.79 Å². The van der Waals surface area contributed by atoms with Crippen molar-refractivity contribution < 1.29 is 13.6 Å². The number of carbonyl (C=O) groups excluding carboxylic acids is 1. The van der Waals surface area contributed by atoms with Crippen molar-refractivity contribution in [2.45, 2.75) is 26.3 Å². The van der Waals surface area contributed by atoms with Gasteiger partial charge in [0.05, 0.1) is 0 Å². The van der Waals surface area contributed by atoms with Gasteiger partial charge in [-0.25, -0.2) is 8.78 Å². The van der Waals surface area contributed by atoms with E-state index in [1.54, 1.807) is 0 Å². The standard InChI is InChI=1S/C13H16BrF2NO/c1-8(2)12(5-6-14)17-13(18)9-3-4-10(15)11(16)7-9/h3-4,7-8,12H,5-6H2,1-2H3,(H,17,18). The summed E-state index contributed by atoms with van der Waals surface area (Å²) in [5.41, 5.74) is 0.133. The van der Waals surface area contributed by atoms with Crippen LogP contribution in [-0.4, -0.2) is 17.3 Å². The predicted molar refractivity (Wildman–Crippen MR) is 70.9 cm³/mol. The van der Waals surface area contributed by atoms with Crippen LogP contribution >= 0.6 is 15.9 Å². The Balaban J connectivity index is 2.77. The molecule has 0 bridgehead atoms. The quantitative estimate of drug-likeness (QED) is 0.827. The Kier molecular flexibility index (Phi) is 5.72. The first-order valence-corrected chi connectivity index (χ1v) is 6.89. The summed E-state index contributed by atoms with van der Waals surface area (Å²) in [5, 5.41) is 3.59. The van der Waals surface area contributed by atoms with Crippen LogP contribution in [0, 0.1) is 17.6 Å². The van der Waals surface area contributed by atoms with Crippen LogP contribution in [0.15, 0.2) is 18.2 Å². The summed E-state index contributed by atoms with van der Waals surface area (Å²) < 4.78 is 25.8. The van der Waals surface area contributed by atoms with E-state index in [-0.39, 0.29) is 23.4 Å². The molecule has 0 aliphatic carbocycles. The number of rotatable bonds is 5. The molecule has 1 aromatic rings. The minimum absolute atomic E-state index is 0.00462.